The van der Waals surface area contributed by atoms with Crippen molar-refractivity contribution in [2.45, 2.75) is 6.54 Å². The monoisotopic (exact) mass is 250 g/mol. The molecule has 0 amide bonds. The van der Waals surface area contributed by atoms with Crippen LogP contribution in [0.5, 0.6) is 5.75 Å². The Morgan fingerprint density at radius 3 is 2.53 bits per heavy atom. The minimum atomic E-state index is 0.307. The molecule has 0 atom stereocenters. The van der Waals surface area contributed by atoms with Crippen LogP contribution in [0, 0.1) is 0 Å². The lowest BCUT2D eigenvalue weighted by molar-refractivity contribution is 0.481. The molecule has 1 aromatic heterocycles. The van der Waals surface area contributed by atoms with E-state index in [-0.39, 0.29) is 0 Å². The van der Waals surface area contributed by atoms with Crippen LogP contribution in [0.2, 0.25) is 0 Å². The van der Waals surface area contributed by atoms with Crippen LogP contribution in [0.3, 0.4) is 0 Å². The number of phenols is 1. The van der Waals surface area contributed by atoms with E-state index in [0.29, 0.717) is 5.75 Å². The van der Waals surface area contributed by atoms with Gasteiger partial charge in [0.05, 0.1) is 5.52 Å². The molecule has 1 heterocycles. The standard InChI is InChI=1S/C15H13BNO2/c18-15-3-1-2-14-13(15)8-9-17(14)10-11-4-6-12(16-19)7-5-11/h1-9,18-19H,10H2. The molecule has 19 heavy (non-hydrogen) atoms. The van der Waals surface area contributed by atoms with Gasteiger partial charge in [0.15, 0.2) is 0 Å². The summed E-state index contributed by atoms with van der Waals surface area (Å²) in [6, 6.07) is 15.2. The molecule has 93 valence electrons. The first-order valence-electron chi connectivity index (χ1n) is 6.11. The molecule has 0 saturated heterocycles. The SMILES string of the molecule is O[B]c1ccc(Cn2ccc3c(O)cccc32)cc1. The van der Waals surface area contributed by atoms with Crippen molar-refractivity contribution in [1.82, 2.24) is 4.57 Å². The zero-order valence-corrected chi connectivity index (χ0v) is 10.3. The maximum absolute atomic E-state index is 9.77. The molecule has 0 aliphatic rings. The van der Waals surface area contributed by atoms with Crippen LogP contribution in [-0.2, 0) is 6.54 Å². The van der Waals surface area contributed by atoms with Crippen LogP contribution in [0.15, 0.2) is 54.7 Å². The average molecular weight is 250 g/mol. The third-order valence-corrected chi connectivity index (χ3v) is 3.27. The molecule has 3 nitrogen and oxygen atoms in total. The van der Waals surface area contributed by atoms with Gasteiger partial charge in [0.1, 0.15) is 5.75 Å². The highest BCUT2D eigenvalue weighted by Gasteiger charge is 2.05. The first kappa shape index (κ1) is 11.9. The predicted molar refractivity (Wildman–Crippen MR) is 76.8 cm³/mol. The molecule has 0 spiro atoms. The fraction of sp³-hybridized carbons (Fsp3) is 0.0667. The molecule has 1 radical (unpaired) electrons. The number of hydrogen-bond donors (Lipinski definition) is 2. The van der Waals surface area contributed by atoms with Crippen LogP contribution in [0.1, 0.15) is 5.56 Å². The van der Waals surface area contributed by atoms with Gasteiger partial charge in [-0.15, -0.1) is 0 Å². The Morgan fingerprint density at radius 1 is 1.00 bits per heavy atom. The van der Waals surface area contributed by atoms with Crippen molar-refractivity contribution >= 4 is 23.8 Å². The lowest BCUT2D eigenvalue weighted by Gasteiger charge is -2.06. The Hall–Kier alpha value is -2.20. The van der Waals surface area contributed by atoms with E-state index >= 15 is 0 Å². The molecule has 0 saturated carbocycles. The Balaban J connectivity index is 1.94. The molecule has 0 aliphatic heterocycles. The summed E-state index contributed by atoms with van der Waals surface area (Å²) >= 11 is 0. The highest BCUT2D eigenvalue weighted by molar-refractivity contribution is 6.45. The molecule has 0 unspecified atom stereocenters. The Bertz CT molecular complexity index is 704. The molecule has 3 rings (SSSR count). The van der Waals surface area contributed by atoms with Crippen molar-refractivity contribution in [2.75, 3.05) is 0 Å². The first-order chi connectivity index (χ1) is 9.28. The van der Waals surface area contributed by atoms with Gasteiger partial charge in [-0.2, -0.15) is 0 Å². The number of phenolic OH excluding ortho intramolecular Hbond substituents is 1. The van der Waals surface area contributed by atoms with Crippen LogP contribution >= 0.6 is 0 Å². The molecule has 0 fully saturated rings. The minimum absolute atomic E-state index is 0.307. The number of benzene rings is 2. The molecule has 4 heteroatoms. The van der Waals surface area contributed by atoms with E-state index in [1.807, 2.05) is 48.7 Å². The van der Waals surface area contributed by atoms with Gasteiger partial charge >= 0.3 is 7.48 Å². The van der Waals surface area contributed by atoms with Crippen LogP contribution < -0.4 is 5.46 Å². The Labute approximate surface area is 112 Å². The summed E-state index contributed by atoms with van der Waals surface area (Å²) in [5.74, 6) is 0.307. The maximum Gasteiger partial charge on any atom is 0.326 e. The summed E-state index contributed by atoms with van der Waals surface area (Å²) in [6.45, 7) is 0.735. The predicted octanol–water partition coefficient (Wildman–Crippen LogP) is 1.63. The van der Waals surface area contributed by atoms with Crippen LogP contribution in [-0.4, -0.2) is 22.2 Å². The van der Waals surface area contributed by atoms with Crippen molar-refractivity contribution in [3.8, 4) is 5.75 Å². The number of rotatable bonds is 3. The van der Waals surface area contributed by atoms with E-state index in [1.54, 1.807) is 6.07 Å². The zero-order valence-electron chi connectivity index (χ0n) is 10.3. The van der Waals surface area contributed by atoms with Gasteiger partial charge in [-0.1, -0.05) is 35.8 Å². The van der Waals surface area contributed by atoms with Gasteiger partial charge in [0, 0.05) is 18.1 Å². The Kier molecular flexibility index (Phi) is 3.01. The van der Waals surface area contributed by atoms with Crippen molar-refractivity contribution in [1.29, 1.82) is 0 Å². The number of aromatic nitrogens is 1. The number of fused-ring (bicyclic) bond motifs is 1. The maximum atomic E-state index is 9.77. The largest absolute Gasteiger partial charge is 0.507 e. The number of nitrogens with zero attached hydrogens (tertiary/aromatic N) is 1. The fourth-order valence-electron chi connectivity index (χ4n) is 2.25. The number of aromatic hydroxyl groups is 1. The second kappa shape index (κ2) is 4.82. The average Bonchev–Trinajstić information content (AvgIpc) is 2.84. The van der Waals surface area contributed by atoms with E-state index in [2.05, 4.69) is 4.57 Å². The summed E-state index contributed by atoms with van der Waals surface area (Å²) in [7, 11) is 1.09. The van der Waals surface area contributed by atoms with Crippen LogP contribution in [0.4, 0.5) is 0 Å². The Morgan fingerprint density at radius 2 is 1.79 bits per heavy atom. The highest BCUT2D eigenvalue weighted by Crippen LogP contribution is 2.25. The lowest BCUT2D eigenvalue weighted by Crippen LogP contribution is -2.12. The van der Waals surface area contributed by atoms with E-state index < -0.39 is 0 Å². The normalized spacial score (nSPS) is 10.8. The van der Waals surface area contributed by atoms with E-state index in [4.69, 9.17) is 5.02 Å². The summed E-state index contributed by atoms with van der Waals surface area (Å²) in [6.07, 6.45) is 1.97. The van der Waals surface area contributed by atoms with Crippen molar-refractivity contribution in [2.24, 2.45) is 0 Å². The van der Waals surface area contributed by atoms with Gasteiger partial charge in [-0.3, -0.25) is 0 Å². The summed E-state index contributed by atoms with van der Waals surface area (Å²) < 4.78 is 2.09. The molecule has 0 bridgehead atoms. The lowest BCUT2D eigenvalue weighted by atomic mass is 9.88. The molecule has 3 aromatic rings. The molecule has 2 N–H and O–H groups in total. The van der Waals surface area contributed by atoms with Gasteiger partial charge < -0.3 is 14.7 Å². The van der Waals surface area contributed by atoms with Gasteiger partial charge in [0.2, 0.25) is 0 Å². The van der Waals surface area contributed by atoms with Crippen molar-refractivity contribution < 1.29 is 10.1 Å². The molecule has 2 aromatic carbocycles. The summed E-state index contributed by atoms with van der Waals surface area (Å²) in [5.41, 5.74) is 2.95. The zero-order chi connectivity index (χ0) is 13.2. The summed E-state index contributed by atoms with van der Waals surface area (Å²) in [5, 5.41) is 19.5. The van der Waals surface area contributed by atoms with Crippen molar-refractivity contribution in [3.63, 3.8) is 0 Å². The first-order valence-corrected chi connectivity index (χ1v) is 6.11. The third kappa shape index (κ3) is 2.22. The minimum Gasteiger partial charge on any atom is -0.507 e. The molecular formula is C15H13BNO2. The smallest absolute Gasteiger partial charge is 0.326 e. The van der Waals surface area contributed by atoms with E-state index in [9.17, 15) is 5.11 Å². The van der Waals surface area contributed by atoms with Crippen molar-refractivity contribution in [3.05, 3.63) is 60.3 Å². The highest BCUT2D eigenvalue weighted by atomic mass is 16.3. The topological polar surface area (TPSA) is 45.4 Å². The van der Waals surface area contributed by atoms with E-state index in [1.165, 1.54) is 0 Å². The fourth-order valence-corrected chi connectivity index (χ4v) is 2.25. The van der Waals surface area contributed by atoms with Gasteiger partial charge in [-0.25, -0.2) is 0 Å². The number of hydrogen-bond acceptors (Lipinski definition) is 2. The summed E-state index contributed by atoms with van der Waals surface area (Å²) in [4.78, 5) is 0. The van der Waals surface area contributed by atoms with Crippen LogP contribution in [0.25, 0.3) is 10.9 Å². The van der Waals surface area contributed by atoms with Gasteiger partial charge in [-0.05, 0) is 23.8 Å². The molecular weight excluding hydrogens is 237 g/mol. The van der Waals surface area contributed by atoms with Gasteiger partial charge in [0.25, 0.3) is 0 Å². The second-order valence-corrected chi connectivity index (χ2v) is 4.52. The second-order valence-electron chi connectivity index (χ2n) is 4.52. The van der Waals surface area contributed by atoms with E-state index in [0.717, 1.165) is 36.0 Å². The third-order valence-electron chi connectivity index (χ3n) is 3.27. The quantitative estimate of drug-likeness (QED) is 0.694. The molecule has 0 aliphatic carbocycles.